The summed E-state index contributed by atoms with van der Waals surface area (Å²) in [5.74, 6) is -0.240. The summed E-state index contributed by atoms with van der Waals surface area (Å²) in [5.41, 5.74) is 0.587. The van der Waals surface area contributed by atoms with Gasteiger partial charge in [0.25, 0.3) is 0 Å². The molecule has 0 bridgehead atoms. The van der Waals surface area contributed by atoms with E-state index in [0.29, 0.717) is 30.2 Å². The minimum Gasteiger partial charge on any atom is -0.390 e. The quantitative estimate of drug-likeness (QED) is 0.811. The zero-order valence-electron chi connectivity index (χ0n) is 7.58. The van der Waals surface area contributed by atoms with Crippen LogP contribution in [0.4, 0.5) is 4.39 Å². The van der Waals surface area contributed by atoms with Gasteiger partial charge in [0.05, 0.1) is 6.10 Å². The van der Waals surface area contributed by atoms with Gasteiger partial charge in [-0.15, -0.1) is 0 Å². The molecule has 2 rings (SSSR count). The molecule has 0 saturated carbocycles. The number of hydrogen-bond donors (Lipinski definition) is 1. The Bertz CT molecular complexity index is 339. The lowest BCUT2D eigenvalue weighted by Crippen LogP contribution is -2.49. The molecule has 1 fully saturated rings. The molecule has 1 aliphatic heterocycles. The maximum atomic E-state index is 13.2. The van der Waals surface area contributed by atoms with Crippen LogP contribution < -0.4 is 0 Å². The number of aliphatic hydroxyl groups excluding tert-OH is 1. The molecule has 1 saturated heterocycles. The molecule has 0 spiro atoms. The SMILES string of the molecule is OC1CN(Cc2cc(Cl)ccc2F)C1. The van der Waals surface area contributed by atoms with Gasteiger partial charge in [-0.3, -0.25) is 4.90 Å². The van der Waals surface area contributed by atoms with E-state index in [4.69, 9.17) is 16.7 Å². The van der Waals surface area contributed by atoms with Crippen LogP contribution in [0.2, 0.25) is 5.02 Å². The van der Waals surface area contributed by atoms with Crippen LogP contribution in [0.3, 0.4) is 0 Å². The Labute approximate surface area is 86.9 Å². The average molecular weight is 216 g/mol. The maximum Gasteiger partial charge on any atom is 0.127 e. The van der Waals surface area contributed by atoms with Crippen LogP contribution in [0.25, 0.3) is 0 Å². The molecule has 1 aliphatic rings. The van der Waals surface area contributed by atoms with E-state index in [-0.39, 0.29) is 11.9 Å². The van der Waals surface area contributed by atoms with Crippen molar-refractivity contribution in [2.45, 2.75) is 12.6 Å². The van der Waals surface area contributed by atoms with Crippen LogP contribution in [0.15, 0.2) is 18.2 Å². The molecule has 1 N–H and O–H groups in total. The molecule has 0 atom stereocenters. The van der Waals surface area contributed by atoms with E-state index in [1.54, 1.807) is 6.07 Å². The molecular weight excluding hydrogens is 205 g/mol. The predicted octanol–water partition coefficient (Wildman–Crippen LogP) is 1.66. The van der Waals surface area contributed by atoms with Crippen LogP contribution in [-0.4, -0.2) is 29.2 Å². The Balaban J connectivity index is 2.05. The lowest BCUT2D eigenvalue weighted by atomic mass is 10.1. The van der Waals surface area contributed by atoms with Crippen LogP contribution in [0.5, 0.6) is 0 Å². The third kappa shape index (κ3) is 2.05. The van der Waals surface area contributed by atoms with Crippen molar-refractivity contribution in [3.8, 4) is 0 Å². The molecule has 14 heavy (non-hydrogen) atoms. The van der Waals surface area contributed by atoms with Crippen molar-refractivity contribution in [2.75, 3.05) is 13.1 Å². The van der Waals surface area contributed by atoms with Gasteiger partial charge in [-0.05, 0) is 18.2 Å². The van der Waals surface area contributed by atoms with Gasteiger partial charge in [-0.25, -0.2) is 4.39 Å². The standard InChI is InChI=1S/C10H11ClFNO/c11-8-1-2-10(12)7(3-8)4-13-5-9(14)6-13/h1-3,9,14H,4-6H2. The monoisotopic (exact) mass is 215 g/mol. The minimum absolute atomic E-state index is 0.240. The molecule has 1 heterocycles. The van der Waals surface area contributed by atoms with Gasteiger partial charge in [-0.1, -0.05) is 11.6 Å². The lowest BCUT2D eigenvalue weighted by Gasteiger charge is -2.35. The van der Waals surface area contributed by atoms with Crippen molar-refractivity contribution in [1.29, 1.82) is 0 Å². The van der Waals surface area contributed by atoms with E-state index in [1.165, 1.54) is 12.1 Å². The second kappa shape index (κ2) is 3.85. The fourth-order valence-electron chi connectivity index (χ4n) is 1.58. The first-order chi connectivity index (χ1) is 6.65. The summed E-state index contributed by atoms with van der Waals surface area (Å²) in [6.45, 7) is 1.75. The molecule has 0 unspecified atom stereocenters. The first-order valence-electron chi connectivity index (χ1n) is 4.49. The molecule has 76 valence electrons. The number of benzene rings is 1. The topological polar surface area (TPSA) is 23.5 Å². The van der Waals surface area contributed by atoms with Gasteiger partial charge in [0.2, 0.25) is 0 Å². The maximum absolute atomic E-state index is 13.2. The Morgan fingerprint density at radius 3 is 2.86 bits per heavy atom. The zero-order valence-corrected chi connectivity index (χ0v) is 8.34. The van der Waals surface area contributed by atoms with E-state index in [2.05, 4.69) is 0 Å². The van der Waals surface area contributed by atoms with Crippen LogP contribution in [-0.2, 0) is 6.54 Å². The van der Waals surface area contributed by atoms with Crippen molar-refractivity contribution in [1.82, 2.24) is 4.90 Å². The van der Waals surface area contributed by atoms with Crippen LogP contribution in [0, 0.1) is 5.82 Å². The molecule has 4 heteroatoms. The van der Waals surface area contributed by atoms with Crippen molar-refractivity contribution in [3.63, 3.8) is 0 Å². The molecule has 0 aliphatic carbocycles. The Morgan fingerprint density at radius 1 is 1.50 bits per heavy atom. The molecule has 0 amide bonds. The largest absolute Gasteiger partial charge is 0.390 e. The number of rotatable bonds is 2. The first kappa shape index (κ1) is 9.90. The summed E-state index contributed by atoms with van der Waals surface area (Å²) >= 11 is 5.76. The number of aliphatic hydroxyl groups is 1. The zero-order chi connectivity index (χ0) is 10.1. The van der Waals surface area contributed by atoms with Gasteiger partial charge >= 0.3 is 0 Å². The number of halogens is 2. The number of β-amino-alcohol motifs (C(OH)–C–C–N with tert-alkyl or cyclic N) is 1. The highest BCUT2D eigenvalue weighted by atomic mass is 35.5. The van der Waals surface area contributed by atoms with Crippen LogP contribution in [0.1, 0.15) is 5.56 Å². The second-order valence-corrected chi connectivity index (χ2v) is 4.02. The van der Waals surface area contributed by atoms with Crippen molar-refractivity contribution >= 4 is 11.6 Å². The van der Waals surface area contributed by atoms with Gasteiger partial charge in [0.1, 0.15) is 5.82 Å². The number of likely N-dealkylation sites (tertiary alicyclic amines) is 1. The molecule has 1 aromatic carbocycles. The van der Waals surface area contributed by atoms with Crippen molar-refractivity contribution in [3.05, 3.63) is 34.6 Å². The second-order valence-electron chi connectivity index (χ2n) is 3.58. The number of nitrogens with zero attached hydrogens (tertiary/aromatic N) is 1. The van der Waals surface area contributed by atoms with Crippen molar-refractivity contribution in [2.24, 2.45) is 0 Å². The van der Waals surface area contributed by atoms with Crippen molar-refractivity contribution < 1.29 is 9.50 Å². The first-order valence-corrected chi connectivity index (χ1v) is 4.87. The van der Waals surface area contributed by atoms with E-state index in [0.717, 1.165) is 0 Å². The summed E-state index contributed by atoms with van der Waals surface area (Å²) in [4.78, 5) is 1.97. The summed E-state index contributed by atoms with van der Waals surface area (Å²) in [6, 6.07) is 4.53. The van der Waals surface area contributed by atoms with E-state index < -0.39 is 0 Å². The van der Waals surface area contributed by atoms with E-state index in [9.17, 15) is 4.39 Å². The van der Waals surface area contributed by atoms with E-state index in [1.807, 2.05) is 4.90 Å². The highest BCUT2D eigenvalue weighted by Crippen LogP contribution is 2.19. The third-order valence-corrected chi connectivity index (χ3v) is 2.57. The van der Waals surface area contributed by atoms with Gasteiger partial charge in [-0.2, -0.15) is 0 Å². The fourth-order valence-corrected chi connectivity index (χ4v) is 1.77. The summed E-state index contributed by atoms with van der Waals surface area (Å²) in [5, 5.41) is 9.60. The minimum atomic E-state index is -0.253. The molecule has 1 aromatic rings. The summed E-state index contributed by atoms with van der Waals surface area (Å²) in [7, 11) is 0. The average Bonchev–Trinajstić information content (AvgIpc) is 2.09. The Hall–Kier alpha value is -0.640. The van der Waals surface area contributed by atoms with Crippen LogP contribution >= 0.6 is 11.6 Å². The smallest absolute Gasteiger partial charge is 0.127 e. The molecule has 0 radical (unpaired) electrons. The molecule has 0 aromatic heterocycles. The Kier molecular flexibility index (Phi) is 2.72. The lowest BCUT2D eigenvalue weighted by molar-refractivity contribution is -0.00341. The highest BCUT2D eigenvalue weighted by Gasteiger charge is 2.24. The summed E-state index contributed by atoms with van der Waals surface area (Å²) in [6.07, 6.45) is -0.253. The predicted molar refractivity (Wildman–Crippen MR) is 52.7 cm³/mol. The summed E-state index contributed by atoms with van der Waals surface area (Å²) < 4.78 is 13.2. The number of hydrogen-bond acceptors (Lipinski definition) is 2. The Morgan fingerprint density at radius 2 is 2.21 bits per heavy atom. The third-order valence-electron chi connectivity index (χ3n) is 2.34. The van der Waals surface area contributed by atoms with Gasteiger partial charge in [0, 0.05) is 30.2 Å². The van der Waals surface area contributed by atoms with Gasteiger partial charge < -0.3 is 5.11 Å². The highest BCUT2D eigenvalue weighted by molar-refractivity contribution is 6.30. The van der Waals surface area contributed by atoms with Gasteiger partial charge in [0.15, 0.2) is 0 Å². The van der Waals surface area contributed by atoms with E-state index >= 15 is 0 Å². The molecular formula is C10H11ClFNO. The molecule has 2 nitrogen and oxygen atoms in total. The fraction of sp³-hybridized carbons (Fsp3) is 0.400. The normalized spacial score (nSPS) is 18.2.